The zero-order valence-corrected chi connectivity index (χ0v) is 5.83. The van der Waals surface area contributed by atoms with Crippen molar-refractivity contribution in [2.45, 2.75) is 25.0 Å². The van der Waals surface area contributed by atoms with Gasteiger partial charge < -0.3 is 0 Å². The summed E-state index contributed by atoms with van der Waals surface area (Å²) in [6.07, 6.45) is 1.90. The lowest BCUT2D eigenvalue weighted by Gasteiger charge is -2.14. The summed E-state index contributed by atoms with van der Waals surface area (Å²) in [4.78, 5) is 10.6. The van der Waals surface area contributed by atoms with Crippen LogP contribution in [0.15, 0.2) is 0 Å². The number of ketones is 1. The quantitative estimate of drug-likeness (QED) is 0.494. The summed E-state index contributed by atoms with van der Waals surface area (Å²) >= 11 is 1.78. The van der Waals surface area contributed by atoms with Crippen LogP contribution in [0, 0.1) is 0 Å². The summed E-state index contributed by atoms with van der Waals surface area (Å²) in [5.74, 6) is 1.18. The van der Waals surface area contributed by atoms with Crippen molar-refractivity contribution >= 4 is 17.5 Å². The molecule has 46 valence electrons. The van der Waals surface area contributed by atoms with Crippen LogP contribution in [0.1, 0.15) is 19.8 Å². The Morgan fingerprint density at radius 2 is 2.50 bits per heavy atom. The first-order valence-corrected chi connectivity index (χ1v) is 3.97. The second-order valence-electron chi connectivity index (χ2n) is 2.20. The molecule has 0 N–H and O–H groups in total. The molecule has 0 aliphatic carbocycles. The Bertz CT molecular complexity index is 90.7. The third-order valence-electron chi connectivity index (χ3n) is 1.36. The predicted molar refractivity (Wildman–Crippen MR) is 36.2 cm³/mol. The van der Waals surface area contributed by atoms with Gasteiger partial charge in [-0.15, -0.1) is 0 Å². The summed E-state index contributed by atoms with van der Waals surface area (Å²) in [7, 11) is 0. The number of carbonyl (C=O) groups excluding carboxylic acids is 1. The van der Waals surface area contributed by atoms with E-state index >= 15 is 0 Å². The molecule has 1 fully saturated rings. The first kappa shape index (κ1) is 6.14. The maximum atomic E-state index is 10.6. The zero-order valence-electron chi connectivity index (χ0n) is 5.02. The molecule has 2 heteroatoms. The predicted octanol–water partition coefficient (Wildman–Crippen LogP) is 1.47. The van der Waals surface area contributed by atoms with E-state index < -0.39 is 0 Å². The van der Waals surface area contributed by atoms with Gasteiger partial charge in [-0.1, -0.05) is 6.92 Å². The van der Waals surface area contributed by atoms with E-state index in [0.717, 1.165) is 18.6 Å². The molecule has 0 spiro atoms. The van der Waals surface area contributed by atoms with E-state index in [2.05, 4.69) is 6.92 Å². The van der Waals surface area contributed by atoms with Crippen molar-refractivity contribution in [2.24, 2.45) is 0 Å². The molecule has 0 aromatic carbocycles. The molecule has 0 saturated carbocycles. The average Bonchev–Trinajstić information content (AvgIpc) is 1.77. The molecule has 0 bridgehead atoms. The van der Waals surface area contributed by atoms with Gasteiger partial charge in [-0.25, -0.2) is 0 Å². The van der Waals surface area contributed by atoms with Gasteiger partial charge in [0, 0.05) is 11.7 Å². The topological polar surface area (TPSA) is 17.1 Å². The molecule has 1 aliphatic heterocycles. The maximum absolute atomic E-state index is 10.6. The Morgan fingerprint density at radius 1 is 1.75 bits per heavy atom. The van der Waals surface area contributed by atoms with E-state index in [1.54, 1.807) is 11.8 Å². The van der Waals surface area contributed by atoms with E-state index in [9.17, 15) is 4.79 Å². The fourth-order valence-electron chi connectivity index (χ4n) is 0.755. The highest BCUT2D eigenvalue weighted by Gasteiger charge is 2.13. The number of Topliss-reactive ketones (excluding diaryl/α,β-unsaturated/α-hetero) is 1. The molecule has 1 saturated heterocycles. The van der Waals surface area contributed by atoms with Crippen LogP contribution in [0.5, 0.6) is 0 Å². The number of thioether (sulfide) groups is 1. The first-order valence-electron chi connectivity index (χ1n) is 2.92. The highest BCUT2D eigenvalue weighted by Crippen LogP contribution is 2.21. The third kappa shape index (κ3) is 1.51. The number of rotatable bonds is 0. The molecule has 0 unspecified atom stereocenters. The zero-order chi connectivity index (χ0) is 5.98. The van der Waals surface area contributed by atoms with Crippen molar-refractivity contribution in [1.82, 2.24) is 0 Å². The molecule has 0 aromatic heterocycles. The van der Waals surface area contributed by atoms with Gasteiger partial charge in [-0.3, -0.25) is 4.79 Å². The standard InChI is InChI=1S/C6H10OS/c1-5-2-3-6(7)4-8-5/h5H,2-4H2,1H3/t5-/m0/s1. The highest BCUT2D eigenvalue weighted by atomic mass is 32.2. The number of carbonyl (C=O) groups is 1. The molecule has 1 aliphatic rings. The molecule has 1 nitrogen and oxygen atoms in total. The number of hydrogen-bond donors (Lipinski definition) is 0. The smallest absolute Gasteiger partial charge is 0.142 e. The lowest BCUT2D eigenvalue weighted by molar-refractivity contribution is -0.116. The van der Waals surface area contributed by atoms with Crippen molar-refractivity contribution in [3.8, 4) is 0 Å². The lowest BCUT2D eigenvalue weighted by atomic mass is 10.2. The average molecular weight is 130 g/mol. The Balaban J connectivity index is 2.29. The Morgan fingerprint density at radius 3 is 2.88 bits per heavy atom. The van der Waals surface area contributed by atoms with Crippen LogP contribution >= 0.6 is 11.8 Å². The minimum Gasteiger partial charge on any atom is -0.299 e. The largest absolute Gasteiger partial charge is 0.299 e. The van der Waals surface area contributed by atoms with Crippen LogP contribution in [0.2, 0.25) is 0 Å². The fourth-order valence-corrected chi connectivity index (χ4v) is 1.65. The monoisotopic (exact) mass is 130 g/mol. The van der Waals surface area contributed by atoms with Gasteiger partial charge >= 0.3 is 0 Å². The van der Waals surface area contributed by atoms with Gasteiger partial charge in [0.25, 0.3) is 0 Å². The highest BCUT2D eigenvalue weighted by molar-refractivity contribution is 8.00. The van der Waals surface area contributed by atoms with Crippen LogP contribution in [0.4, 0.5) is 0 Å². The molecule has 1 atom stereocenters. The molecule has 1 heterocycles. The second kappa shape index (κ2) is 2.53. The molecule has 0 aromatic rings. The van der Waals surface area contributed by atoms with E-state index in [4.69, 9.17) is 0 Å². The van der Waals surface area contributed by atoms with Crippen molar-refractivity contribution in [3.63, 3.8) is 0 Å². The van der Waals surface area contributed by atoms with E-state index in [-0.39, 0.29) is 0 Å². The van der Waals surface area contributed by atoms with Crippen molar-refractivity contribution in [3.05, 3.63) is 0 Å². The molecule has 1 rings (SSSR count). The SMILES string of the molecule is C[C@H]1CCC(=O)CS1. The molecule has 0 amide bonds. The molecule has 8 heavy (non-hydrogen) atoms. The Kier molecular flexibility index (Phi) is 1.95. The molecular weight excluding hydrogens is 120 g/mol. The van der Waals surface area contributed by atoms with E-state index in [1.165, 1.54) is 0 Å². The minimum absolute atomic E-state index is 0.424. The van der Waals surface area contributed by atoms with Crippen LogP contribution in [0.25, 0.3) is 0 Å². The molecule has 0 radical (unpaired) electrons. The Labute approximate surface area is 53.8 Å². The molecular formula is C6H10OS. The van der Waals surface area contributed by atoms with Crippen LogP contribution in [-0.2, 0) is 4.79 Å². The van der Waals surface area contributed by atoms with Gasteiger partial charge in [-0.2, -0.15) is 11.8 Å². The van der Waals surface area contributed by atoms with Crippen molar-refractivity contribution < 1.29 is 4.79 Å². The normalized spacial score (nSPS) is 30.6. The van der Waals surface area contributed by atoms with Crippen LogP contribution < -0.4 is 0 Å². The second-order valence-corrected chi connectivity index (χ2v) is 3.63. The van der Waals surface area contributed by atoms with E-state index in [0.29, 0.717) is 11.0 Å². The summed E-state index contributed by atoms with van der Waals surface area (Å²) in [6, 6.07) is 0. The van der Waals surface area contributed by atoms with Crippen molar-refractivity contribution in [2.75, 3.05) is 5.75 Å². The van der Waals surface area contributed by atoms with Crippen LogP contribution in [-0.4, -0.2) is 16.8 Å². The lowest BCUT2D eigenvalue weighted by Crippen LogP contribution is -2.14. The maximum Gasteiger partial charge on any atom is 0.142 e. The summed E-state index contributed by atoms with van der Waals surface area (Å²) < 4.78 is 0. The number of hydrogen-bond acceptors (Lipinski definition) is 2. The van der Waals surface area contributed by atoms with Crippen molar-refractivity contribution in [1.29, 1.82) is 0 Å². The van der Waals surface area contributed by atoms with Crippen LogP contribution in [0.3, 0.4) is 0 Å². The first-order chi connectivity index (χ1) is 3.79. The fraction of sp³-hybridized carbons (Fsp3) is 0.833. The van der Waals surface area contributed by atoms with E-state index in [1.807, 2.05) is 0 Å². The summed E-state index contributed by atoms with van der Waals surface area (Å²) in [5.41, 5.74) is 0. The van der Waals surface area contributed by atoms with Gasteiger partial charge in [0.1, 0.15) is 5.78 Å². The van der Waals surface area contributed by atoms with Gasteiger partial charge in [0.2, 0.25) is 0 Å². The summed E-state index contributed by atoms with van der Waals surface area (Å²) in [6.45, 7) is 2.18. The van der Waals surface area contributed by atoms with Gasteiger partial charge in [-0.05, 0) is 6.42 Å². The van der Waals surface area contributed by atoms with Gasteiger partial charge in [0.15, 0.2) is 0 Å². The third-order valence-corrected chi connectivity index (χ3v) is 2.65. The Hall–Kier alpha value is 0.0200. The minimum atomic E-state index is 0.424. The summed E-state index contributed by atoms with van der Waals surface area (Å²) in [5, 5.41) is 0.715. The van der Waals surface area contributed by atoms with Gasteiger partial charge in [0.05, 0.1) is 5.75 Å².